The molecule has 0 bridgehead atoms. The number of aliphatic hydroxyl groups is 1. The molecule has 0 aliphatic heterocycles. The van der Waals surface area contributed by atoms with Crippen molar-refractivity contribution in [2.45, 2.75) is 20.0 Å². The van der Waals surface area contributed by atoms with Crippen LogP contribution in [0.4, 0.5) is 0 Å². The Morgan fingerprint density at radius 1 is 1.50 bits per heavy atom. The van der Waals surface area contributed by atoms with Crippen LogP contribution in [0.15, 0.2) is 23.8 Å². The molecule has 1 N–H and O–H groups in total. The van der Waals surface area contributed by atoms with E-state index in [1.165, 1.54) is 0 Å². The number of hydrogen-bond acceptors (Lipinski definition) is 2. The van der Waals surface area contributed by atoms with Crippen molar-refractivity contribution >= 4 is 23.2 Å². The van der Waals surface area contributed by atoms with Crippen molar-refractivity contribution in [2.24, 2.45) is 0 Å². The van der Waals surface area contributed by atoms with E-state index in [4.69, 9.17) is 34.4 Å². The van der Waals surface area contributed by atoms with Gasteiger partial charge in [0, 0.05) is 10.6 Å². The molecule has 0 spiro atoms. The highest BCUT2D eigenvalue weighted by Crippen LogP contribution is 2.35. The van der Waals surface area contributed by atoms with Gasteiger partial charge in [0.25, 0.3) is 0 Å². The van der Waals surface area contributed by atoms with Crippen molar-refractivity contribution in [3.8, 4) is 18.1 Å². The molecule has 96 valence electrons. The fourth-order valence-electron chi connectivity index (χ4n) is 1.32. The smallest absolute Gasteiger partial charge is 0.145 e. The number of hydrogen-bond donors (Lipinski definition) is 1. The van der Waals surface area contributed by atoms with Crippen LogP contribution in [-0.2, 0) is 0 Å². The molecule has 1 unspecified atom stereocenters. The number of ether oxygens (including phenoxy) is 1. The Kier molecular flexibility index (Phi) is 5.55. The monoisotopic (exact) mass is 284 g/mol. The molecule has 0 aliphatic rings. The Labute approximate surface area is 117 Å². The molecule has 0 amide bonds. The molecule has 2 nitrogen and oxygen atoms in total. The van der Waals surface area contributed by atoms with Crippen molar-refractivity contribution in [3.05, 3.63) is 39.4 Å². The topological polar surface area (TPSA) is 29.5 Å². The van der Waals surface area contributed by atoms with Gasteiger partial charge in [-0.3, -0.25) is 0 Å². The van der Waals surface area contributed by atoms with Crippen LogP contribution in [0.25, 0.3) is 0 Å². The van der Waals surface area contributed by atoms with Gasteiger partial charge in [0.1, 0.15) is 18.5 Å². The van der Waals surface area contributed by atoms with Crippen molar-refractivity contribution < 1.29 is 9.84 Å². The molecule has 0 saturated heterocycles. The van der Waals surface area contributed by atoms with Crippen molar-refractivity contribution in [1.29, 1.82) is 0 Å². The lowest BCUT2D eigenvalue weighted by Crippen LogP contribution is -2.02. The summed E-state index contributed by atoms with van der Waals surface area (Å²) in [6.45, 7) is 4.28. The second kappa shape index (κ2) is 6.70. The van der Waals surface area contributed by atoms with Gasteiger partial charge in [-0.2, -0.15) is 0 Å². The van der Waals surface area contributed by atoms with E-state index in [1.54, 1.807) is 12.1 Å². The number of benzene rings is 1. The molecule has 4 heteroatoms. The summed E-state index contributed by atoms with van der Waals surface area (Å²) in [6.07, 6.45) is 6.00. The van der Waals surface area contributed by atoms with Crippen LogP contribution in [0.2, 0.25) is 10.0 Å². The summed E-state index contributed by atoms with van der Waals surface area (Å²) in [5, 5.41) is 10.4. The molecule has 1 atom stereocenters. The lowest BCUT2D eigenvalue weighted by Gasteiger charge is -2.14. The van der Waals surface area contributed by atoms with Crippen molar-refractivity contribution in [3.63, 3.8) is 0 Å². The molecular weight excluding hydrogens is 271 g/mol. The number of allylic oxidation sites excluding steroid dienone is 1. The second-order valence-electron chi connectivity index (χ2n) is 3.97. The maximum atomic E-state index is 9.72. The van der Waals surface area contributed by atoms with E-state index in [2.05, 4.69) is 5.92 Å². The van der Waals surface area contributed by atoms with Crippen molar-refractivity contribution in [1.82, 2.24) is 0 Å². The van der Waals surface area contributed by atoms with Gasteiger partial charge >= 0.3 is 0 Å². The zero-order valence-corrected chi connectivity index (χ0v) is 11.7. The van der Waals surface area contributed by atoms with Crippen LogP contribution in [0, 0.1) is 12.3 Å². The highest BCUT2D eigenvalue weighted by molar-refractivity contribution is 6.35. The summed E-state index contributed by atoms with van der Waals surface area (Å²) in [4.78, 5) is 0. The van der Waals surface area contributed by atoms with E-state index >= 15 is 0 Å². The van der Waals surface area contributed by atoms with Crippen molar-refractivity contribution in [2.75, 3.05) is 6.61 Å². The third-order valence-corrected chi connectivity index (χ3v) is 2.71. The van der Waals surface area contributed by atoms with E-state index < -0.39 is 6.10 Å². The normalized spacial score (nSPS) is 11.6. The fourth-order valence-corrected chi connectivity index (χ4v) is 1.88. The quantitative estimate of drug-likeness (QED) is 0.669. The summed E-state index contributed by atoms with van der Waals surface area (Å²) in [7, 11) is 0. The van der Waals surface area contributed by atoms with Crippen LogP contribution >= 0.6 is 23.2 Å². The van der Waals surface area contributed by atoms with Crippen LogP contribution in [0.3, 0.4) is 0 Å². The Morgan fingerprint density at radius 2 is 2.17 bits per heavy atom. The summed E-state index contributed by atoms with van der Waals surface area (Å²) < 4.78 is 5.53. The Bertz CT molecular complexity index is 497. The van der Waals surface area contributed by atoms with E-state index in [9.17, 15) is 5.11 Å². The standard InChI is InChI=1S/C14H14Cl2O2/c1-4-13(17)11-7-10(15)8-12(16)14(11)18-6-5-9(2)3/h1,5,7-8,13,17H,6H2,2-3H3. The molecule has 0 aromatic heterocycles. The second-order valence-corrected chi connectivity index (χ2v) is 4.81. The highest BCUT2D eigenvalue weighted by Gasteiger charge is 2.16. The molecular formula is C14H14Cl2O2. The SMILES string of the molecule is C#CC(O)c1cc(Cl)cc(Cl)c1OCC=C(C)C. The Balaban J connectivity index is 3.08. The third-order valence-electron chi connectivity index (χ3n) is 2.21. The van der Waals surface area contributed by atoms with Gasteiger partial charge in [-0.1, -0.05) is 34.7 Å². The minimum absolute atomic E-state index is 0.328. The van der Waals surface area contributed by atoms with Gasteiger partial charge in [-0.05, 0) is 32.1 Å². The maximum absolute atomic E-state index is 9.72. The zero-order chi connectivity index (χ0) is 13.7. The minimum Gasteiger partial charge on any atom is -0.488 e. The molecule has 0 radical (unpaired) electrons. The first-order valence-electron chi connectivity index (χ1n) is 5.35. The Morgan fingerprint density at radius 3 is 2.72 bits per heavy atom. The molecule has 0 saturated carbocycles. The van der Waals surface area contributed by atoms with Gasteiger partial charge in [-0.15, -0.1) is 6.42 Å². The van der Waals surface area contributed by atoms with Crippen LogP contribution < -0.4 is 4.74 Å². The Hall–Kier alpha value is -1.14. The number of terminal acetylenes is 1. The van der Waals surface area contributed by atoms with E-state index in [1.807, 2.05) is 19.9 Å². The molecule has 1 rings (SSSR count). The largest absolute Gasteiger partial charge is 0.488 e. The van der Waals surface area contributed by atoms with Crippen LogP contribution in [0.5, 0.6) is 5.75 Å². The van der Waals surface area contributed by atoms with Gasteiger partial charge in [-0.25, -0.2) is 0 Å². The van der Waals surface area contributed by atoms with E-state index in [-0.39, 0.29) is 0 Å². The average Bonchev–Trinajstić information content (AvgIpc) is 2.30. The molecule has 1 aromatic rings. The number of halogens is 2. The molecule has 1 aromatic carbocycles. The minimum atomic E-state index is -1.09. The van der Waals surface area contributed by atoms with Crippen LogP contribution in [-0.4, -0.2) is 11.7 Å². The fraction of sp³-hybridized carbons (Fsp3) is 0.286. The summed E-state index contributed by atoms with van der Waals surface area (Å²) in [6, 6.07) is 3.10. The highest BCUT2D eigenvalue weighted by atomic mass is 35.5. The first-order valence-corrected chi connectivity index (χ1v) is 6.10. The van der Waals surface area contributed by atoms with E-state index in [0.717, 1.165) is 5.57 Å². The lowest BCUT2D eigenvalue weighted by atomic mass is 10.1. The third kappa shape index (κ3) is 3.96. The zero-order valence-electron chi connectivity index (χ0n) is 10.2. The molecule has 0 fully saturated rings. The number of rotatable bonds is 4. The first kappa shape index (κ1) is 14.9. The predicted molar refractivity (Wildman–Crippen MR) is 75.2 cm³/mol. The predicted octanol–water partition coefficient (Wildman–Crippen LogP) is 4.01. The number of aliphatic hydroxyl groups excluding tert-OH is 1. The molecule has 18 heavy (non-hydrogen) atoms. The summed E-state index contributed by atoms with van der Waals surface area (Å²) in [5.74, 6) is 2.58. The van der Waals surface area contributed by atoms with E-state index in [0.29, 0.717) is 28.0 Å². The summed E-state index contributed by atoms with van der Waals surface area (Å²) in [5.41, 5.74) is 1.52. The van der Waals surface area contributed by atoms with Gasteiger partial charge in [0.2, 0.25) is 0 Å². The van der Waals surface area contributed by atoms with Crippen LogP contribution in [0.1, 0.15) is 25.5 Å². The van der Waals surface area contributed by atoms with Gasteiger partial charge < -0.3 is 9.84 Å². The van der Waals surface area contributed by atoms with Gasteiger partial charge in [0.05, 0.1) is 5.02 Å². The average molecular weight is 285 g/mol. The molecule has 0 aliphatic carbocycles. The summed E-state index contributed by atoms with van der Waals surface area (Å²) >= 11 is 11.9. The van der Waals surface area contributed by atoms with Gasteiger partial charge in [0.15, 0.2) is 0 Å². The first-order chi connectivity index (χ1) is 8.45. The maximum Gasteiger partial charge on any atom is 0.145 e. The lowest BCUT2D eigenvalue weighted by molar-refractivity contribution is 0.230. The molecule has 0 heterocycles.